The molecule has 1 aliphatic carbocycles. The van der Waals surface area contributed by atoms with Gasteiger partial charge in [0.1, 0.15) is 11.5 Å². The van der Waals surface area contributed by atoms with E-state index in [1.54, 1.807) is 14.2 Å². The standard InChI is InChI=1S/C26H33NO3/c1-29-21-13-14-24(30-2)22(19-21)25-23-12-6-7-15-26(23,28)16-18-27(25)17-8-11-20-9-4-3-5-10-20/h3-5,8-11,13-14,19,23,25,28H,6-7,12,15-18H2,1-2H3. The highest BCUT2D eigenvalue weighted by Crippen LogP contribution is 2.51. The van der Waals surface area contributed by atoms with Crippen LogP contribution in [-0.2, 0) is 0 Å². The summed E-state index contributed by atoms with van der Waals surface area (Å²) in [6.07, 6.45) is 9.48. The lowest BCUT2D eigenvalue weighted by Gasteiger charge is -2.52. The fourth-order valence-electron chi connectivity index (χ4n) is 5.32. The Kier molecular flexibility index (Phi) is 6.45. The van der Waals surface area contributed by atoms with Crippen molar-refractivity contribution in [3.8, 4) is 11.5 Å². The van der Waals surface area contributed by atoms with E-state index in [9.17, 15) is 5.11 Å². The summed E-state index contributed by atoms with van der Waals surface area (Å²) in [4.78, 5) is 2.50. The second kappa shape index (κ2) is 9.23. The van der Waals surface area contributed by atoms with Crippen LogP contribution in [0.4, 0.5) is 0 Å². The SMILES string of the molecule is COc1ccc(OC)c(C2C3CCCCC3(O)CCN2CC=Cc2ccccc2)c1. The van der Waals surface area contributed by atoms with Gasteiger partial charge in [-0.05, 0) is 43.0 Å². The van der Waals surface area contributed by atoms with Crippen LogP contribution in [0, 0.1) is 5.92 Å². The third-order valence-electron chi connectivity index (χ3n) is 6.88. The number of aliphatic hydroxyl groups is 1. The second-order valence-electron chi connectivity index (χ2n) is 8.57. The summed E-state index contributed by atoms with van der Waals surface area (Å²) in [6.45, 7) is 1.71. The fraction of sp³-hybridized carbons (Fsp3) is 0.462. The van der Waals surface area contributed by atoms with Gasteiger partial charge in [0.15, 0.2) is 0 Å². The number of fused-ring (bicyclic) bond motifs is 1. The number of ether oxygens (including phenoxy) is 2. The van der Waals surface area contributed by atoms with E-state index in [2.05, 4.69) is 47.4 Å². The first-order chi connectivity index (χ1) is 14.6. The molecule has 4 rings (SSSR count). The minimum atomic E-state index is -0.587. The van der Waals surface area contributed by atoms with Crippen LogP contribution in [0.5, 0.6) is 11.5 Å². The lowest BCUT2D eigenvalue weighted by molar-refractivity contribution is -0.122. The molecule has 1 N–H and O–H groups in total. The van der Waals surface area contributed by atoms with Crippen LogP contribution in [0.2, 0.25) is 0 Å². The van der Waals surface area contributed by atoms with Gasteiger partial charge in [0.25, 0.3) is 0 Å². The zero-order chi connectivity index (χ0) is 21.0. The van der Waals surface area contributed by atoms with E-state index in [4.69, 9.17) is 9.47 Å². The normalized spacial score (nSPS) is 27.0. The lowest BCUT2D eigenvalue weighted by atomic mass is 9.66. The Hall–Kier alpha value is -2.30. The summed E-state index contributed by atoms with van der Waals surface area (Å²) >= 11 is 0. The highest BCUT2D eigenvalue weighted by atomic mass is 16.5. The summed E-state index contributed by atoms with van der Waals surface area (Å²) in [6, 6.07) is 16.5. The molecule has 1 heterocycles. The fourth-order valence-corrected chi connectivity index (χ4v) is 5.32. The first-order valence-corrected chi connectivity index (χ1v) is 11.0. The highest BCUT2D eigenvalue weighted by molar-refractivity contribution is 5.49. The van der Waals surface area contributed by atoms with Crippen molar-refractivity contribution in [2.24, 2.45) is 5.92 Å². The first-order valence-electron chi connectivity index (χ1n) is 11.0. The van der Waals surface area contributed by atoms with E-state index in [0.717, 1.165) is 55.8 Å². The maximum Gasteiger partial charge on any atom is 0.123 e. The average Bonchev–Trinajstić information content (AvgIpc) is 2.79. The van der Waals surface area contributed by atoms with Crippen molar-refractivity contribution >= 4 is 6.08 Å². The van der Waals surface area contributed by atoms with E-state index < -0.39 is 5.60 Å². The molecule has 160 valence electrons. The van der Waals surface area contributed by atoms with E-state index >= 15 is 0 Å². The van der Waals surface area contributed by atoms with Gasteiger partial charge in [-0.25, -0.2) is 0 Å². The molecule has 0 amide bonds. The number of hydrogen-bond acceptors (Lipinski definition) is 4. The maximum absolute atomic E-state index is 11.5. The number of likely N-dealkylation sites (tertiary alicyclic amines) is 1. The number of hydrogen-bond donors (Lipinski definition) is 1. The van der Waals surface area contributed by atoms with Crippen LogP contribution < -0.4 is 9.47 Å². The molecule has 3 unspecified atom stereocenters. The summed E-state index contributed by atoms with van der Waals surface area (Å²) < 4.78 is 11.3. The van der Waals surface area contributed by atoms with E-state index in [0.29, 0.717) is 0 Å². The summed E-state index contributed by atoms with van der Waals surface area (Å²) in [5.74, 6) is 1.90. The molecule has 0 bridgehead atoms. The molecule has 2 aromatic rings. The molecule has 1 aliphatic heterocycles. The van der Waals surface area contributed by atoms with Gasteiger partial charge < -0.3 is 14.6 Å². The number of nitrogens with zero attached hydrogens (tertiary/aromatic N) is 1. The van der Waals surface area contributed by atoms with Crippen molar-refractivity contribution in [3.05, 3.63) is 65.7 Å². The number of methoxy groups -OCH3 is 2. The summed E-state index contributed by atoms with van der Waals surface area (Å²) in [7, 11) is 3.42. The van der Waals surface area contributed by atoms with Crippen molar-refractivity contribution in [2.75, 3.05) is 27.3 Å². The summed E-state index contributed by atoms with van der Waals surface area (Å²) in [5, 5.41) is 11.5. The van der Waals surface area contributed by atoms with Gasteiger partial charge in [0.05, 0.1) is 19.8 Å². The molecule has 4 heteroatoms. The Bertz CT molecular complexity index is 866. The molecule has 2 aromatic carbocycles. The Balaban J connectivity index is 1.67. The van der Waals surface area contributed by atoms with Crippen LogP contribution in [0.15, 0.2) is 54.6 Å². The molecular weight excluding hydrogens is 374 g/mol. The molecule has 1 saturated carbocycles. The van der Waals surface area contributed by atoms with Crippen molar-refractivity contribution in [1.82, 2.24) is 4.90 Å². The monoisotopic (exact) mass is 407 g/mol. The van der Waals surface area contributed by atoms with Crippen LogP contribution in [0.3, 0.4) is 0 Å². The molecule has 30 heavy (non-hydrogen) atoms. The van der Waals surface area contributed by atoms with Crippen LogP contribution in [0.1, 0.15) is 49.3 Å². The van der Waals surface area contributed by atoms with Gasteiger partial charge in [0, 0.05) is 30.6 Å². The summed E-state index contributed by atoms with van der Waals surface area (Å²) in [5.41, 5.74) is 1.74. The Morgan fingerprint density at radius 1 is 1.07 bits per heavy atom. The predicted octanol–water partition coefficient (Wildman–Crippen LogP) is 5.09. The van der Waals surface area contributed by atoms with Gasteiger partial charge in [-0.3, -0.25) is 4.90 Å². The zero-order valence-corrected chi connectivity index (χ0v) is 18.1. The minimum Gasteiger partial charge on any atom is -0.497 e. The van der Waals surface area contributed by atoms with Gasteiger partial charge in [-0.2, -0.15) is 0 Å². The van der Waals surface area contributed by atoms with Crippen molar-refractivity contribution in [1.29, 1.82) is 0 Å². The topological polar surface area (TPSA) is 41.9 Å². The largest absolute Gasteiger partial charge is 0.497 e. The second-order valence-corrected chi connectivity index (χ2v) is 8.57. The molecule has 3 atom stereocenters. The van der Waals surface area contributed by atoms with Gasteiger partial charge in [-0.1, -0.05) is 55.3 Å². The average molecular weight is 408 g/mol. The van der Waals surface area contributed by atoms with Crippen molar-refractivity contribution < 1.29 is 14.6 Å². The maximum atomic E-state index is 11.5. The third kappa shape index (κ3) is 4.26. The number of benzene rings is 2. The molecule has 2 aliphatic rings. The molecule has 0 radical (unpaired) electrons. The quantitative estimate of drug-likeness (QED) is 0.725. The van der Waals surface area contributed by atoms with Crippen LogP contribution >= 0.6 is 0 Å². The molecule has 2 fully saturated rings. The molecule has 1 saturated heterocycles. The van der Waals surface area contributed by atoms with Gasteiger partial charge >= 0.3 is 0 Å². The van der Waals surface area contributed by atoms with E-state index in [1.807, 2.05) is 18.2 Å². The molecule has 0 spiro atoms. The van der Waals surface area contributed by atoms with Gasteiger partial charge in [-0.15, -0.1) is 0 Å². The highest BCUT2D eigenvalue weighted by Gasteiger charge is 2.49. The predicted molar refractivity (Wildman–Crippen MR) is 121 cm³/mol. The lowest BCUT2D eigenvalue weighted by Crippen LogP contribution is -2.54. The molecule has 4 nitrogen and oxygen atoms in total. The first kappa shape index (κ1) is 21.0. The van der Waals surface area contributed by atoms with E-state index in [1.165, 1.54) is 12.0 Å². The Labute approximate surface area is 180 Å². The van der Waals surface area contributed by atoms with Crippen LogP contribution in [-0.4, -0.2) is 42.9 Å². The number of rotatable bonds is 6. The van der Waals surface area contributed by atoms with E-state index in [-0.39, 0.29) is 12.0 Å². The zero-order valence-electron chi connectivity index (χ0n) is 18.1. The van der Waals surface area contributed by atoms with Crippen molar-refractivity contribution in [3.63, 3.8) is 0 Å². The molecule has 0 aromatic heterocycles. The van der Waals surface area contributed by atoms with Crippen molar-refractivity contribution in [2.45, 2.75) is 43.7 Å². The molecular formula is C26H33NO3. The Morgan fingerprint density at radius 2 is 1.90 bits per heavy atom. The smallest absolute Gasteiger partial charge is 0.123 e. The van der Waals surface area contributed by atoms with Crippen LogP contribution in [0.25, 0.3) is 6.08 Å². The minimum absolute atomic E-state index is 0.106. The third-order valence-corrected chi connectivity index (χ3v) is 6.88. The number of piperidine rings is 1. The van der Waals surface area contributed by atoms with Gasteiger partial charge in [0.2, 0.25) is 0 Å². The Morgan fingerprint density at radius 3 is 2.67 bits per heavy atom.